The van der Waals surface area contributed by atoms with E-state index in [2.05, 4.69) is 25.2 Å². The molecule has 16 heavy (non-hydrogen) atoms. The summed E-state index contributed by atoms with van der Waals surface area (Å²) in [6, 6.07) is 10.2. The zero-order valence-corrected chi connectivity index (χ0v) is 10.6. The molecule has 0 saturated carbocycles. The van der Waals surface area contributed by atoms with Crippen molar-refractivity contribution in [2.24, 2.45) is 0 Å². The fourth-order valence-electron chi connectivity index (χ4n) is 2.25. The zero-order valence-electron chi connectivity index (χ0n) is 9.60. The van der Waals surface area contributed by atoms with Crippen LogP contribution in [-0.2, 0) is 4.79 Å². The average molecular weight is 232 g/mol. The van der Waals surface area contributed by atoms with Crippen molar-refractivity contribution in [1.29, 1.82) is 0 Å². The molecule has 1 aromatic rings. The molecule has 1 aliphatic carbocycles. The number of ketones is 1. The first-order valence-corrected chi connectivity index (χ1v) is 8.50. The summed E-state index contributed by atoms with van der Waals surface area (Å²) in [5, 5.41) is 12.1. The second-order valence-corrected chi connectivity index (χ2v) is 9.18. The van der Waals surface area contributed by atoms with Crippen LogP contribution in [0.25, 0.3) is 0 Å². The molecule has 2 nitrogen and oxygen atoms in total. The van der Waals surface area contributed by atoms with E-state index in [1.165, 1.54) is 5.19 Å². The van der Waals surface area contributed by atoms with Crippen molar-refractivity contribution in [2.75, 3.05) is 0 Å². The highest BCUT2D eigenvalue weighted by atomic mass is 28.3. The minimum absolute atomic E-state index is 0.0546. The normalized spacial score (nSPS) is 21.1. The lowest BCUT2D eigenvalue weighted by Crippen LogP contribution is -2.46. The summed E-state index contributed by atoms with van der Waals surface area (Å²) in [6.45, 7) is 4.35. The lowest BCUT2D eigenvalue weighted by Gasteiger charge is -2.26. The van der Waals surface area contributed by atoms with Crippen LogP contribution in [-0.4, -0.2) is 25.1 Å². The van der Waals surface area contributed by atoms with Crippen LogP contribution < -0.4 is 5.19 Å². The van der Waals surface area contributed by atoms with E-state index in [0.717, 1.165) is 5.20 Å². The Balaban J connectivity index is 2.40. The number of rotatable bonds is 2. The smallest absolute Gasteiger partial charge is 0.158 e. The largest absolute Gasteiger partial charge is 0.389 e. The molecule has 0 fully saturated rings. The second-order valence-electron chi connectivity index (χ2n) is 4.78. The maximum atomic E-state index is 11.3. The summed E-state index contributed by atoms with van der Waals surface area (Å²) < 4.78 is 0. The fraction of sp³-hybridized carbons (Fsp3) is 0.308. The first kappa shape index (κ1) is 11.3. The van der Waals surface area contributed by atoms with E-state index in [9.17, 15) is 9.90 Å². The number of allylic oxidation sites excluding steroid dienone is 1. The predicted octanol–water partition coefficient (Wildman–Crippen LogP) is 1.40. The molecule has 84 valence electrons. The monoisotopic (exact) mass is 232 g/mol. The van der Waals surface area contributed by atoms with E-state index in [-0.39, 0.29) is 12.2 Å². The van der Waals surface area contributed by atoms with Crippen molar-refractivity contribution in [3.8, 4) is 0 Å². The molecule has 0 saturated heterocycles. The molecule has 1 atom stereocenters. The molecule has 1 N–H and O–H groups in total. The van der Waals surface area contributed by atoms with E-state index in [0.29, 0.717) is 0 Å². The summed E-state index contributed by atoms with van der Waals surface area (Å²) in [4.78, 5) is 11.3. The van der Waals surface area contributed by atoms with Gasteiger partial charge in [-0.2, -0.15) is 0 Å². The molecule has 0 radical (unpaired) electrons. The van der Waals surface area contributed by atoms with Gasteiger partial charge in [0.25, 0.3) is 0 Å². The van der Waals surface area contributed by atoms with Gasteiger partial charge >= 0.3 is 0 Å². The SMILES string of the molecule is C[Si](C)(C1=CC(=O)C[C@H]1O)c1ccccc1. The molecular formula is C13H16O2Si. The molecule has 0 bridgehead atoms. The van der Waals surface area contributed by atoms with Crippen LogP contribution in [0, 0.1) is 0 Å². The van der Waals surface area contributed by atoms with E-state index < -0.39 is 14.2 Å². The highest BCUT2D eigenvalue weighted by Crippen LogP contribution is 2.25. The number of hydrogen-bond donors (Lipinski definition) is 1. The Morgan fingerprint density at radius 3 is 2.38 bits per heavy atom. The second kappa shape index (κ2) is 4.00. The lowest BCUT2D eigenvalue weighted by molar-refractivity contribution is -0.114. The van der Waals surface area contributed by atoms with Crippen molar-refractivity contribution in [3.05, 3.63) is 41.6 Å². The van der Waals surface area contributed by atoms with Gasteiger partial charge in [0.1, 0.15) is 8.07 Å². The standard InChI is InChI=1S/C13H16O2Si/c1-16(2,11-6-4-3-5-7-11)13-9-10(14)8-12(13)15/h3-7,9,12,15H,8H2,1-2H3/t12-/m1/s1. The molecule has 0 unspecified atom stereocenters. The van der Waals surface area contributed by atoms with E-state index >= 15 is 0 Å². The van der Waals surface area contributed by atoms with Crippen molar-refractivity contribution in [2.45, 2.75) is 25.6 Å². The maximum Gasteiger partial charge on any atom is 0.158 e. The molecule has 0 heterocycles. The van der Waals surface area contributed by atoms with Gasteiger partial charge in [-0.3, -0.25) is 4.79 Å². The van der Waals surface area contributed by atoms with E-state index in [1.54, 1.807) is 6.08 Å². The predicted molar refractivity (Wildman–Crippen MR) is 67.3 cm³/mol. The van der Waals surface area contributed by atoms with Gasteiger partial charge in [0.05, 0.1) is 6.10 Å². The van der Waals surface area contributed by atoms with Gasteiger partial charge in [-0.15, -0.1) is 0 Å². The van der Waals surface area contributed by atoms with Crippen LogP contribution in [0.1, 0.15) is 6.42 Å². The van der Waals surface area contributed by atoms with Crippen molar-refractivity contribution in [1.82, 2.24) is 0 Å². The molecule has 0 spiro atoms. The molecule has 0 amide bonds. The Labute approximate surface area is 96.6 Å². The summed E-state index contributed by atoms with van der Waals surface area (Å²) in [6.07, 6.45) is 1.36. The van der Waals surface area contributed by atoms with Crippen LogP contribution in [0.4, 0.5) is 0 Å². The van der Waals surface area contributed by atoms with E-state index in [4.69, 9.17) is 0 Å². The van der Waals surface area contributed by atoms with Crippen LogP contribution in [0.2, 0.25) is 13.1 Å². The third-order valence-corrected chi connectivity index (χ3v) is 6.98. The highest BCUT2D eigenvalue weighted by Gasteiger charge is 2.36. The van der Waals surface area contributed by atoms with Gasteiger partial charge < -0.3 is 5.11 Å². The lowest BCUT2D eigenvalue weighted by atomic mass is 10.3. The van der Waals surface area contributed by atoms with Gasteiger partial charge in [-0.1, -0.05) is 48.6 Å². The van der Waals surface area contributed by atoms with Crippen LogP contribution in [0.5, 0.6) is 0 Å². The molecule has 1 aromatic carbocycles. The van der Waals surface area contributed by atoms with Gasteiger partial charge in [0, 0.05) is 6.42 Å². The minimum atomic E-state index is -1.86. The van der Waals surface area contributed by atoms with Gasteiger partial charge in [-0.05, 0) is 11.3 Å². The number of carbonyl (C=O) groups is 1. The number of aliphatic hydroxyl groups excluding tert-OH is 1. The third kappa shape index (κ3) is 1.88. The molecule has 0 aliphatic heterocycles. The summed E-state index contributed by atoms with van der Waals surface area (Å²) in [7, 11) is -1.86. The average Bonchev–Trinajstić information content (AvgIpc) is 2.60. The Bertz CT molecular complexity index is 435. The van der Waals surface area contributed by atoms with Crippen LogP contribution in [0.3, 0.4) is 0 Å². The molecule has 1 aliphatic rings. The maximum absolute atomic E-state index is 11.3. The van der Waals surface area contributed by atoms with Gasteiger partial charge in [-0.25, -0.2) is 0 Å². The van der Waals surface area contributed by atoms with Crippen molar-refractivity contribution < 1.29 is 9.90 Å². The fourth-order valence-corrected chi connectivity index (χ4v) is 5.06. The molecular weight excluding hydrogens is 216 g/mol. The number of carbonyl (C=O) groups excluding carboxylic acids is 1. The summed E-state index contributed by atoms with van der Waals surface area (Å²) in [5.74, 6) is 0.0546. The number of aliphatic hydroxyl groups is 1. The van der Waals surface area contributed by atoms with Crippen LogP contribution in [0.15, 0.2) is 41.6 Å². The van der Waals surface area contributed by atoms with Gasteiger partial charge in [0.15, 0.2) is 5.78 Å². The summed E-state index contributed by atoms with van der Waals surface area (Å²) >= 11 is 0. The first-order valence-electron chi connectivity index (χ1n) is 5.50. The van der Waals surface area contributed by atoms with Gasteiger partial charge in [0.2, 0.25) is 0 Å². The Morgan fingerprint density at radius 2 is 1.88 bits per heavy atom. The molecule has 3 heteroatoms. The molecule has 2 rings (SSSR count). The first-order chi connectivity index (χ1) is 7.51. The van der Waals surface area contributed by atoms with Crippen LogP contribution >= 0.6 is 0 Å². The minimum Gasteiger partial charge on any atom is -0.389 e. The van der Waals surface area contributed by atoms with Crippen molar-refractivity contribution in [3.63, 3.8) is 0 Å². The topological polar surface area (TPSA) is 37.3 Å². The van der Waals surface area contributed by atoms with Crippen molar-refractivity contribution >= 4 is 19.0 Å². The summed E-state index contributed by atoms with van der Waals surface area (Å²) in [5.41, 5.74) is 0. The Hall–Kier alpha value is -1.19. The number of hydrogen-bond acceptors (Lipinski definition) is 2. The Kier molecular flexibility index (Phi) is 2.82. The molecule has 0 aromatic heterocycles. The Morgan fingerprint density at radius 1 is 1.25 bits per heavy atom. The van der Waals surface area contributed by atoms with E-state index in [1.807, 2.05) is 18.2 Å². The number of benzene rings is 1. The quantitative estimate of drug-likeness (QED) is 0.783. The zero-order chi connectivity index (χ0) is 11.8. The highest BCUT2D eigenvalue weighted by molar-refractivity contribution is 6.96. The third-order valence-electron chi connectivity index (χ3n) is 3.29.